The van der Waals surface area contributed by atoms with Crippen molar-refractivity contribution in [3.8, 4) is 0 Å². The monoisotopic (exact) mass is 324 g/mol. The van der Waals surface area contributed by atoms with Crippen LogP contribution < -0.4 is 0 Å². The summed E-state index contributed by atoms with van der Waals surface area (Å²) in [5, 5.41) is 0. The minimum Gasteiger partial charge on any atom is -0.454 e. The third-order valence-electron chi connectivity index (χ3n) is 4.25. The molecule has 0 aliphatic rings. The summed E-state index contributed by atoms with van der Waals surface area (Å²) < 4.78 is 5.12. The zero-order valence-electron chi connectivity index (χ0n) is 14.3. The van der Waals surface area contributed by atoms with Gasteiger partial charge in [-0.2, -0.15) is 0 Å². The average molecular weight is 324 g/mol. The third kappa shape index (κ3) is 3.59. The van der Waals surface area contributed by atoms with Crippen molar-refractivity contribution < 1.29 is 19.1 Å². The van der Waals surface area contributed by atoms with Crippen LogP contribution in [-0.4, -0.2) is 24.6 Å². The van der Waals surface area contributed by atoms with E-state index in [2.05, 4.69) is 0 Å². The van der Waals surface area contributed by atoms with Crippen LogP contribution in [0.15, 0.2) is 30.3 Å². The maximum absolute atomic E-state index is 12.5. The van der Waals surface area contributed by atoms with E-state index in [0.29, 0.717) is 23.0 Å². The molecule has 2 rings (SSSR count). The SMILES string of the molecule is Cc1cc(C)c(C(=O)COC(=O)c2ccc(C=O)cc2)c(C)c1C. The largest absolute Gasteiger partial charge is 0.454 e. The van der Waals surface area contributed by atoms with Crippen molar-refractivity contribution in [2.24, 2.45) is 0 Å². The van der Waals surface area contributed by atoms with Gasteiger partial charge in [0, 0.05) is 11.1 Å². The Balaban J connectivity index is 2.12. The molecule has 0 spiro atoms. The molecule has 4 nitrogen and oxygen atoms in total. The standard InChI is InChI=1S/C20H20O4/c1-12-9-13(2)19(15(4)14(12)3)18(22)11-24-20(23)17-7-5-16(10-21)6-8-17/h5-10H,11H2,1-4H3. The molecule has 0 bridgehead atoms. The second-order valence-electron chi connectivity index (χ2n) is 5.87. The lowest BCUT2D eigenvalue weighted by molar-refractivity contribution is 0.0474. The second-order valence-corrected chi connectivity index (χ2v) is 5.87. The number of aldehydes is 1. The van der Waals surface area contributed by atoms with Crippen molar-refractivity contribution in [3.63, 3.8) is 0 Å². The van der Waals surface area contributed by atoms with Crippen molar-refractivity contribution in [3.05, 3.63) is 69.3 Å². The first-order valence-corrected chi connectivity index (χ1v) is 7.68. The van der Waals surface area contributed by atoms with Crippen LogP contribution in [-0.2, 0) is 4.74 Å². The van der Waals surface area contributed by atoms with Crippen LogP contribution in [0.3, 0.4) is 0 Å². The van der Waals surface area contributed by atoms with E-state index in [1.54, 1.807) is 0 Å². The van der Waals surface area contributed by atoms with Gasteiger partial charge in [0.25, 0.3) is 0 Å². The van der Waals surface area contributed by atoms with Gasteiger partial charge in [-0.25, -0.2) is 4.79 Å². The molecule has 0 aromatic heterocycles. The summed E-state index contributed by atoms with van der Waals surface area (Å²) in [4.78, 5) is 35.1. The Labute approximate surface area is 141 Å². The predicted octanol–water partition coefficient (Wildman–Crippen LogP) is 3.77. The summed E-state index contributed by atoms with van der Waals surface area (Å²) in [6.45, 7) is 7.46. The fourth-order valence-electron chi connectivity index (χ4n) is 2.70. The molecule has 0 fully saturated rings. The molecule has 0 amide bonds. The van der Waals surface area contributed by atoms with Gasteiger partial charge in [0.15, 0.2) is 6.61 Å². The highest BCUT2D eigenvalue weighted by Crippen LogP contribution is 2.22. The summed E-state index contributed by atoms with van der Waals surface area (Å²) in [6, 6.07) is 8.04. The van der Waals surface area contributed by atoms with Gasteiger partial charge < -0.3 is 4.74 Å². The zero-order chi connectivity index (χ0) is 17.9. The zero-order valence-corrected chi connectivity index (χ0v) is 14.3. The number of ketones is 1. The first kappa shape index (κ1) is 17.6. The van der Waals surface area contributed by atoms with Gasteiger partial charge in [0.05, 0.1) is 5.56 Å². The van der Waals surface area contributed by atoms with Gasteiger partial charge >= 0.3 is 5.97 Å². The highest BCUT2D eigenvalue weighted by Gasteiger charge is 2.17. The number of carbonyl (C=O) groups excluding carboxylic acids is 3. The molecule has 0 saturated heterocycles. The van der Waals surface area contributed by atoms with E-state index in [0.717, 1.165) is 22.3 Å². The van der Waals surface area contributed by atoms with Gasteiger partial charge in [-0.1, -0.05) is 18.2 Å². The van der Waals surface area contributed by atoms with E-state index in [4.69, 9.17) is 4.74 Å². The molecule has 124 valence electrons. The van der Waals surface area contributed by atoms with E-state index in [9.17, 15) is 14.4 Å². The Hall–Kier alpha value is -2.75. The third-order valence-corrected chi connectivity index (χ3v) is 4.25. The van der Waals surface area contributed by atoms with Crippen LogP contribution >= 0.6 is 0 Å². The molecule has 0 unspecified atom stereocenters. The molecule has 4 heteroatoms. The minimum atomic E-state index is -0.583. The number of hydrogen-bond donors (Lipinski definition) is 0. The van der Waals surface area contributed by atoms with Crippen molar-refractivity contribution in [1.82, 2.24) is 0 Å². The lowest BCUT2D eigenvalue weighted by Gasteiger charge is -2.14. The number of esters is 1. The van der Waals surface area contributed by atoms with Gasteiger partial charge in [-0.15, -0.1) is 0 Å². The van der Waals surface area contributed by atoms with Gasteiger partial charge in [0.1, 0.15) is 6.29 Å². The molecule has 0 atom stereocenters. The summed E-state index contributed by atoms with van der Waals surface area (Å²) >= 11 is 0. The molecule has 0 N–H and O–H groups in total. The average Bonchev–Trinajstić information content (AvgIpc) is 2.57. The van der Waals surface area contributed by atoms with Gasteiger partial charge in [-0.3, -0.25) is 9.59 Å². The molecular weight excluding hydrogens is 304 g/mol. The first-order chi connectivity index (χ1) is 11.3. The summed E-state index contributed by atoms with van der Waals surface area (Å²) in [5.74, 6) is -0.800. The molecule has 0 radical (unpaired) electrons. The number of rotatable bonds is 5. The van der Waals surface area contributed by atoms with Gasteiger partial charge in [0.2, 0.25) is 5.78 Å². The van der Waals surface area contributed by atoms with Crippen LogP contribution in [0.5, 0.6) is 0 Å². The topological polar surface area (TPSA) is 60.4 Å². The van der Waals surface area contributed by atoms with E-state index in [1.165, 1.54) is 24.3 Å². The van der Waals surface area contributed by atoms with Crippen molar-refractivity contribution in [2.75, 3.05) is 6.61 Å². The fraction of sp³-hybridized carbons (Fsp3) is 0.250. The Kier molecular flexibility index (Phi) is 5.29. The summed E-state index contributed by atoms with van der Waals surface area (Å²) in [6.07, 6.45) is 0.698. The summed E-state index contributed by atoms with van der Waals surface area (Å²) in [5.41, 5.74) is 5.40. The normalized spacial score (nSPS) is 10.3. The molecule has 0 saturated carbocycles. The van der Waals surface area contributed by atoms with E-state index < -0.39 is 5.97 Å². The van der Waals surface area contributed by atoms with Crippen LogP contribution in [0, 0.1) is 27.7 Å². The van der Waals surface area contributed by atoms with Gasteiger partial charge in [-0.05, 0) is 62.1 Å². The molecule has 24 heavy (non-hydrogen) atoms. The molecule has 0 heterocycles. The maximum Gasteiger partial charge on any atom is 0.338 e. The minimum absolute atomic E-state index is 0.217. The Morgan fingerprint density at radius 2 is 1.58 bits per heavy atom. The number of aryl methyl sites for hydroxylation is 2. The number of benzene rings is 2. The smallest absolute Gasteiger partial charge is 0.338 e. The van der Waals surface area contributed by atoms with Crippen molar-refractivity contribution in [1.29, 1.82) is 0 Å². The maximum atomic E-state index is 12.5. The van der Waals surface area contributed by atoms with Crippen LogP contribution in [0.25, 0.3) is 0 Å². The van der Waals surface area contributed by atoms with E-state index in [-0.39, 0.29) is 12.4 Å². The van der Waals surface area contributed by atoms with Crippen LogP contribution in [0.2, 0.25) is 0 Å². The number of Topliss-reactive ketones (excluding diaryl/α,β-unsaturated/α-hetero) is 1. The molecule has 2 aromatic carbocycles. The van der Waals surface area contributed by atoms with E-state index >= 15 is 0 Å². The van der Waals surface area contributed by atoms with Crippen molar-refractivity contribution in [2.45, 2.75) is 27.7 Å². The Morgan fingerprint density at radius 1 is 0.958 bits per heavy atom. The van der Waals surface area contributed by atoms with E-state index in [1.807, 2.05) is 33.8 Å². The van der Waals surface area contributed by atoms with Crippen LogP contribution in [0.4, 0.5) is 0 Å². The Morgan fingerprint density at radius 3 is 2.17 bits per heavy atom. The first-order valence-electron chi connectivity index (χ1n) is 7.68. The molecule has 2 aromatic rings. The lowest BCUT2D eigenvalue weighted by atomic mass is 9.92. The predicted molar refractivity (Wildman–Crippen MR) is 91.8 cm³/mol. The second kappa shape index (κ2) is 7.21. The van der Waals surface area contributed by atoms with Crippen LogP contribution in [0.1, 0.15) is 53.3 Å². The number of hydrogen-bond acceptors (Lipinski definition) is 4. The molecule has 0 aliphatic carbocycles. The lowest BCUT2D eigenvalue weighted by Crippen LogP contribution is -2.17. The molecular formula is C20H20O4. The quantitative estimate of drug-likeness (QED) is 0.477. The number of carbonyl (C=O) groups is 3. The highest BCUT2D eigenvalue weighted by molar-refractivity contribution is 6.02. The fourth-order valence-corrected chi connectivity index (χ4v) is 2.70. The Bertz CT molecular complexity index is 801. The van der Waals surface area contributed by atoms with Crippen molar-refractivity contribution >= 4 is 18.0 Å². The summed E-state index contributed by atoms with van der Waals surface area (Å²) in [7, 11) is 0. The number of ether oxygens (including phenoxy) is 1. The molecule has 0 aliphatic heterocycles. The highest BCUT2D eigenvalue weighted by atomic mass is 16.5.